The number of ether oxygens (including phenoxy) is 1. The maximum absolute atomic E-state index is 6.04. The van der Waals surface area contributed by atoms with E-state index in [-0.39, 0.29) is 0 Å². The molecule has 1 atom stereocenters. The Hall–Kier alpha value is -1.03. The van der Waals surface area contributed by atoms with Crippen LogP contribution in [-0.2, 0) is 6.54 Å². The number of halogens is 2. The molecule has 0 amide bonds. The fourth-order valence-electron chi connectivity index (χ4n) is 2.65. The summed E-state index contributed by atoms with van der Waals surface area (Å²) in [6, 6.07) is 14.6. The predicted molar refractivity (Wildman–Crippen MR) is 89.9 cm³/mol. The molecule has 0 saturated heterocycles. The number of nitrogens with one attached hydrogen (secondary N) is 1. The van der Waals surface area contributed by atoms with Crippen LogP contribution in [0.2, 0.25) is 5.02 Å². The van der Waals surface area contributed by atoms with Gasteiger partial charge in [0, 0.05) is 27.6 Å². The Bertz CT molecular complexity index is 632. The minimum absolute atomic E-state index is 0.314. The number of benzene rings is 2. The zero-order valence-electron chi connectivity index (χ0n) is 11.6. The largest absolute Gasteiger partial charge is 0.493 e. The molecule has 2 aromatic rings. The van der Waals surface area contributed by atoms with Gasteiger partial charge < -0.3 is 10.1 Å². The molecule has 2 aromatic carbocycles. The van der Waals surface area contributed by atoms with Crippen LogP contribution in [0.3, 0.4) is 0 Å². The molecule has 0 fully saturated rings. The van der Waals surface area contributed by atoms with Crippen molar-refractivity contribution in [1.82, 2.24) is 5.32 Å². The van der Waals surface area contributed by atoms with Crippen LogP contribution in [0.25, 0.3) is 0 Å². The summed E-state index contributed by atoms with van der Waals surface area (Å²) in [5.74, 6) is 0.977. The third kappa shape index (κ3) is 3.79. The summed E-state index contributed by atoms with van der Waals surface area (Å²) in [6.07, 6.45) is 2.13. The second kappa shape index (κ2) is 6.82. The van der Waals surface area contributed by atoms with E-state index in [1.807, 2.05) is 18.2 Å². The molecule has 1 unspecified atom stereocenters. The number of hydrogen-bond acceptors (Lipinski definition) is 2. The highest BCUT2D eigenvalue weighted by molar-refractivity contribution is 9.10. The van der Waals surface area contributed by atoms with Gasteiger partial charge in [-0.05, 0) is 42.7 Å². The van der Waals surface area contributed by atoms with E-state index < -0.39 is 0 Å². The molecule has 0 radical (unpaired) electrons. The zero-order valence-corrected chi connectivity index (χ0v) is 14.0. The molecule has 1 N–H and O–H groups in total. The van der Waals surface area contributed by atoms with E-state index >= 15 is 0 Å². The molecule has 21 heavy (non-hydrogen) atoms. The summed E-state index contributed by atoms with van der Waals surface area (Å²) in [6.45, 7) is 1.58. The van der Waals surface area contributed by atoms with Crippen LogP contribution in [0, 0.1) is 0 Å². The smallest absolute Gasteiger partial charge is 0.125 e. The lowest BCUT2D eigenvalue weighted by molar-refractivity contribution is 0.315. The standard InChI is InChI=1S/C17H17BrClNO/c18-13-6-7-15-16(5-2-8-21-17(15)10-13)20-11-12-3-1-4-14(19)9-12/h1,3-4,6-7,9-10,16,20H,2,5,8,11H2. The van der Waals surface area contributed by atoms with Crippen molar-refractivity contribution < 1.29 is 4.74 Å². The van der Waals surface area contributed by atoms with Crippen molar-refractivity contribution in [2.24, 2.45) is 0 Å². The highest BCUT2D eigenvalue weighted by Gasteiger charge is 2.19. The van der Waals surface area contributed by atoms with E-state index in [1.54, 1.807) is 0 Å². The lowest BCUT2D eigenvalue weighted by atomic mass is 10.0. The fourth-order valence-corrected chi connectivity index (χ4v) is 3.20. The van der Waals surface area contributed by atoms with E-state index in [0.29, 0.717) is 6.04 Å². The molecule has 2 nitrogen and oxygen atoms in total. The molecule has 3 rings (SSSR count). The lowest BCUT2D eigenvalue weighted by Crippen LogP contribution is -2.20. The maximum atomic E-state index is 6.04. The fraction of sp³-hybridized carbons (Fsp3) is 0.294. The van der Waals surface area contributed by atoms with Crippen LogP contribution >= 0.6 is 27.5 Å². The molecule has 0 aromatic heterocycles. The van der Waals surface area contributed by atoms with Gasteiger partial charge in [0.05, 0.1) is 6.61 Å². The molecule has 1 heterocycles. The highest BCUT2D eigenvalue weighted by Crippen LogP contribution is 2.33. The average Bonchev–Trinajstić information content (AvgIpc) is 2.67. The van der Waals surface area contributed by atoms with E-state index in [9.17, 15) is 0 Å². The second-order valence-electron chi connectivity index (χ2n) is 5.24. The molecular formula is C17H17BrClNO. The Balaban J connectivity index is 1.76. The molecule has 1 aliphatic heterocycles. The van der Waals surface area contributed by atoms with E-state index in [0.717, 1.165) is 41.2 Å². The first kappa shape index (κ1) is 14.9. The average molecular weight is 367 g/mol. The van der Waals surface area contributed by atoms with Gasteiger partial charge in [-0.2, -0.15) is 0 Å². The molecule has 0 bridgehead atoms. The third-order valence-electron chi connectivity index (χ3n) is 3.69. The van der Waals surface area contributed by atoms with Crippen molar-refractivity contribution in [2.75, 3.05) is 6.61 Å². The summed E-state index contributed by atoms with van der Waals surface area (Å²) >= 11 is 9.54. The van der Waals surface area contributed by atoms with Gasteiger partial charge in [-0.15, -0.1) is 0 Å². The third-order valence-corrected chi connectivity index (χ3v) is 4.42. The van der Waals surface area contributed by atoms with Gasteiger partial charge in [0.15, 0.2) is 0 Å². The van der Waals surface area contributed by atoms with Crippen molar-refractivity contribution in [1.29, 1.82) is 0 Å². The molecule has 0 spiro atoms. The van der Waals surface area contributed by atoms with Crippen LogP contribution < -0.4 is 10.1 Å². The predicted octanol–water partition coefficient (Wildman–Crippen LogP) is 5.11. The number of fused-ring (bicyclic) bond motifs is 1. The quantitative estimate of drug-likeness (QED) is 0.815. The second-order valence-corrected chi connectivity index (χ2v) is 6.59. The monoisotopic (exact) mass is 365 g/mol. The first-order chi connectivity index (χ1) is 10.2. The van der Waals surface area contributed by atoms with Crippen LogP contribution in [0.4, 0.5) is 0 Å². The maximum Gasteiger partial charge on any atom is 0.125 e. The summed E-state index contributed by atoms with van der Waals surface area (Å²) in [4.78, 5) is 0. The number of rotatable bonds is 3. The van der Waals surface area contributed by atoms with Gasteiger partial charge in [-0.1, -0.05) is 45.7 Å². The Morgan fingerprint density at radius 1 is 1.24 bits per heavy atom. The molecule has 110 valence electrons. The Morgan fingerprint density at radius 2 is 2.14 bits per heavy atom. The molecular weight excluding hydrogens is 350 g/mol. The zero-order chi connectivity index (χ0) is 14.7. The van der Waals surface area contributed by atoms with Crippen molar-refractivity contribution in [2.45, 2.75) is 25.4 Å². The SMILES string of the molecule is Clc1cccc(CNC2CCCOc3cc(Br)ccc32)c1. The van der Waals surface area contributed by atoms with Crippen LogP contribution in [-0.4, -0.2) is 6.61 Å². The summed E-state index contributed by atoms with van der Waals surface area (Å²) < 4.78 is 6.89. The van der Waals surface area contributed by atoms with Crippen molar-refractivity contribution in [3.8, 4) is 5.75 Å². The molecule has 0 aliphatic carbocycles. The van der Waals surface area contributed by atoms with E-state index in [1.165, 1.54) is 11.1 Å². The van der Waals surface area contributed by atoms with Crippen molar-refractivity contribution >= 4 is 27.5 Å². The Kier molecular flexibility index (Phi) is 4.84. The Labute approximate surface area is 138 Å². The topological polar surface area (TPSA) is 21.3 Å². The summed E-state index contributed by atoms with van der Waals surface area (Å²) in [7, 11) is 0. The summed E-state index contributed by atoms with van der Waals surface area (Å²) in [5.41, 5.74) is 2.43. The summed E-state index contributed by atoms with van der Waals surface area (Å²) in [5, 5.41) is 4.41. The van der Waals surface area contributed by atoms with E-state index in [4.69, 9.17) is 16.3 Å². The van der Waals surface area contributed by atoms with Crippen molar-refractivity contribution in [3.05, 3.63) is 63.1 Å². The normalized spacial score (nSPS) is 17.7. The minimum Gasteiger partial charge on any atom is -0.493 e. The van der Waals surface area contributed by atoms with Crippen LogP contribution in [0.1, 0.15) is 30.0 Å². The molecule has 0 saturated carbocycles. The van der Waals surface area contributed by atoms with E-state index in [2.05, 4.69) is 45.5 Å². The van der Waals surface area contributed by atoms with Crippen LogP contribution in [0.15, 0.2) is 46.9 Å². The van der Waals surface area contributed by atoms with Crippen LogP contribution in [0.5, 0.6) is 5.75 Å². The number of hydrogen-bond donors (Lipinski definition) is 1. The molecule has 4 heteroatoms. The van der Waals surface area contributed by atoms with Gasteiger partial charge in [-0.3, -0.25) is 0 Å². The van der Waals surface area contributed by atoms with Gasteiger partial charge in [-0.25, -0.2) is 0 Å². The molecule has 1 aliphatic rings. The minimum atomic E-state index is 0.314. The van der Waals surface area contributed by atoms with Gasteiger partial charge in [0.25, 0.3) is 0 Å². The first-order valence-corrected chi connectivity index (χ1v) is 8.29. The lowest BCUT2D eigenvalue weighted by Gasteiger charge is -2.18. The van der Waals surface area contributed by atoms with Gasteiger partial charge >= 0.3 is 0 Å². The van der Waals surface area contributed by atoms with Gasteiger partial charge in [0.1, 0.15) is 5.75 Å². The Morgan fingerprint density at radius 3 is 3.00 bits per heavy atom. The van der Waals surface area contributed by atoms with Crippen molar-refractivity contribution in [3.63, 3.8) is 0 Å². The first-order valence-electron chi connectivity index (χ1n) is 7.12. The van der Waals surface area contributed by atoms with Gasteiger partial charge in [0.2, 0.25) is 0 Å². The highest BCUT2D eigenvalue weighted by atomic mass is 79.9.